The van der Waals surface area contributed by atoms with Gasteiger partial charge in [-0.3, -0.25) is 0 Å². The molecule has 0 spiro atoms. The molecule has 1 heterocycles. The summed E-state index contributed by atoms with van der Waals surface area (Å²) in [4.78, 5) is 4.94. The largest absolute Gasteiger partial charge is 0.373 e. The van der Waals surface area contributed by atoms with Crippen LogP contribution in [0.15, 0.2) is 30.3 Å². The van der Waals surface area contributed by atoms with Crippen molar-refractivity contribution in [2.24, 2.45) is 5.92 Å². The van der Waals surface area contributed by atoms with Crippen molar-refractivity contribution in [3.8, 4) is 0 Å². The van der Waals surface area contributed by atoms with Gasteiger partial charge in [0.25, 0.3) is 0 Å². The maximum absolute atomic E-state index is 2.60. The molecule has 2 rings (SSSR count). The van der Waals surface area contributed by atoms with Crippen molar-refractivity contribution >= 4 is 5.69 Å². The van der Waals surface area contributed by atoms with Crippen LogP contribution in [0.1, 0.15) is 19.8 Å². The van der Waals surface area contributed by atoms with Crippen LogP contribution in [0.25, 0.3) is 0 Å². The van der Waals surface area contributed by atoms with Crippen LogP contribution in [0.2, 0.25) is 0 Å². The first-order valence-electron chi connectivity index (χ1n) is 6.74. The van der Waals surface area contributed by atoms with E-state index < -0.39 is 0 Å². The zero-order valence-electron chi connectivity index (χ0n) is 11.1. The summed E-state index contributed by atoms with van der Waals surface area (Å²) in [7, 11) is 2.18. The molecule has 0 N–H and O–H groups in total. The molecule has 94 valence electrons. The van der Waals surface area contributed by atoms with Crippen LogP contribution in [-0.2, 0) is 0 Å². The lowest BCUT2D eigenvalue weighted by Crippen LogP contribution is -2.38. The average molecular weight is 232 g/mol. The van der Waals surface area contributed by atoms with Crippen molar-refractivity contribution in [2.45, 2.75) is 19.8 Å². The molecule has 1 aromatic rings. The van der Waals surface area contributed by atoms with E-state index in [-0.39, 0.29) is 0 Å². The van der Waals surface area contributed by atoms with Gasteiger partial charge in [0.15, 0.2) is 0 Å². The quantitative estimate of drug-likeness (QED) is 0.787. The Morgan fingerprint density at radius 1 is 1.18 bits per heavy atom. The topological polar surface area (TPSA) is 6.48 Å². The maximum Gasteiger partial charge on any atom is 0.0364 e. The Kier molecular flexibility index (Phi) is 4.43. The fourth-order valence-electron chi connectivity index (χ4n) is 2.39. The summed E-state index contributed by atoms with van der Waals surface area (Å²) < 4.78 is 0. The molecule has 17 heavy (non-hydrogen) atoms. The van der Waals surface area contributed by atoms with Crippen molar-refractivity contribution < 1.29 is 0 Å². The zero-order valence-corrected chi connectivity index (χ0v) is 11.1. The van der Waals surface area contributed by atoms with Gasteiger partial charge in [-0.2, -0.15) is 0 Å². The fraction of sp³-hybridized carbons (Fsp3) is 0.600. The number of rotatable bonds is 4. The van der Waals surface area contributed by atoms with E-state index >= 15 is 0 Å². The predicted octanol–water partition coefficient (Wildman–Crippen LogP) is 2.85. The minimum Gasteiger partial charge on any atom is -0.373 e. The highest BCUT2D eigenvalue weighted by Gasteiger charge is 2.15. The molecule has 0 unspecified atom stereocenters. The Balaban J connectivity index is 1.75. The van der Waals surface area contributed by atoms with Gasteiger partial charge in [0.1, 0.15) is 0 Å². The Labute approximate surface area is 105 Å². The summed E-state index contributed by atoms with van der Waals surface area (Å²) >= 11 is 0. The molecule has 0 saturated carbocycles. The van der Waals surface area contributed by atoms with E-state index in [9.17, 15) is 0 Å². The van der Waals surface area contributed by atoms with Gasteiger partial charge in [-0.25, -0.2) is 0 Å². The second-order valence-electron chi connectivity index (χ2n) is 5.28. The zero-order chi connectivity index (χ0) is 12.1. The van der Waals surface area contributed by atoms with Crippen molar-refractivity contribution in [1.29, 1.82) is 0 Å². The first-order valence-corrected chi connectivity index (χ1v) is 6.74. The molecule has 2 nitrogen and oxygen atoms in total. The van der Waals surface area contributed by atoms with Gasteiger partial charge in [-0.1, -0.05) is 25.1 Å². The molecule has 0 amide bonds. The van der Waals surface area contributed by atoms with Gasteiger partial charge < -0.3 is 9.80 Å². The SMILES string of the molecule is CC1CCN(CCN(C)c2ccccc2)CC1. The molecule has 2 heteroatoms. The first-order chi connectivity index (χ1) is 8.25. The third kappa shape index (κ3) is 3.74. The molecule has 1 aromatic carbocycles. The monoisotopic (exact) mass is 232 g/mol. The van der Waals surface area contributed by atoms with Crippen molar-refractivity contribution in [3.63, 3.8) is 0 Å². The van der Waals surface area contributed by atoms with Crippen LogP contribution >= 0.6 is 0 Å². The van der Waals surface area contributed by atoms with Crippen LogP contribution in [0.5, 0.6) is 0 Å². The van der Waals surface area contributed by atoms with E-state index in [0.29, 0.717) is 0 Å². The minimum absolute atomic E-state index is 0.929. The Hall–Kier alpha value is -1.02. The lowest BCUT2D eigenvalue weighted by molar-refractivity contribution is 0.196. The number of hydrogen-bond donors (Lipinski definition) is 0. The van der Waals surface area contributed by atoms with Gasteiger partial charge in [0.2, 0.25) is 0 Å². The van der Waals surface area contributed by atoms with Crippen LogP contribution in [-0.4, -0.2) is 38.1 Å². The molecule has 1 aliphatic heterocycles. The van der Waals surface area contributed by atoms with Crippen molar-refractivity contribution in [1.82, 2.24) is 4.90 Å². The molecule has 0 aromatic heterocycles. The summed E-state index contributed by atoms with van der Waals surface area (Å²) in [5, 5.41) is 0. The second kappa shape index (κ2) is 6.06. The van der Waals surface area contributed by atoms with Gasteiger partial charge >= 0.3 is 0 Å². The van der Waals surface area contributed by atoms with Gasteiger partial charge in [0.05, 0.1) is 0 Å². The lowest BCUT2D eigenvalue weighted by atomic mass is 9.99. The molecule has 0 radical (unpaired) electrons. The highest BCUT2D eigenvalue weighted by atomic mass is 15.2. The van der Waals surface area contributed by atoms with E-state index in [1.54, 1.807) is 0 Å². The summed E-state index contributed by atoms with van der Waals surface area (Å²) in [5.74, 6) is 0.929. The third-order valence-corrected chi connectivity index (χ3v) is 3.82. The van der Waals surface area contributed by atoms with Gasteiger partial charge in [-0.05, 0) is 44.0 Å². The smallest absolute Gasteiger partial charge is 0.0364 e. The number of piperidine rings is 1. The Bertz CT molecular complexity index is 315. The number of anilines is 1. The lowest BCUT2D eigenvalue weighted by Gasteiger charge is -2.32. The molecule has 0 atom stereocenters. The number of likely N-dealkylation sites (N-methyl/N-ethyl adjacent to an activating group) is 1. The summed E-state index contributed by atoms with van der Waals surface area (Å²) in [6.07, 6.45) is 2.74. The third-order valence-electron chi connectivity index (χ3n) is 3.82. The standard InChI is InChI=1S/C15H24N2/c1-14-8-10-17(11-9-14)13-12-16(2)15-6-4-3-5-7-15/h3-7,14H,8-13H2,1-2H3. The molecular formula is C15H24N2. The summed E-state index contributed by atoms with van der Waals surface area (Å²) in [6, 6.07) is 10.6. The predicted molar refractivity (Wildman–Crippen MR) is 74.6 cm³/mol. The molecule has 1 aliphatic rings. The van der Waals surface area contributed by atoms with E-state index in [0.717, 1.165) is 12.5 Å². The van der Waals surface area contributed by atoms with Crippen LogP contribution < -0.4 is 4.90 Å². The molecule has 1 saturated heterocycles. The summed E-state index contributed by atoms with van der Waals surface area (Å²) in [5.41, 5.74) is 1.32. The maximum atomic E-state index is 2.60. The highest BCUT2D eigenvalue weighted by molar-refractivity contribution is 5.44. The average Bonchev–Trinajstić information content (AvgIpc) is 2.39. The molecule has 0 aliphatic carbocycles. The van der Waals surface area contributed by atoms with Crippen LogP contribution in [0, 0.1) is 5.92 Å². The first kappa shape index (κ1) is 12.4. The van der Waals surface area contributed by atoms with E-state index in [4.69, 9.17) is 0 Å². The van der Waals surface area contributed by atoms with Crippen LogP contribution in [0.3, 0.4) is 0 Å². The van der Waals surface area contributed by atoms with Crippen LogP contribution in [0.4, 0.5) is 5.69 Å². The number of para-hydroxylation sites is 1. The van der Waals surface area contributed by atoms with E-state index in [1.165, 1.54) is 38.2 Å². The molecule has 1 fully saturated rings. The highest BCUT2D eigenvalue weighted by Crippen LogP contribution is 2.16. The number of likely N-dealkylation sites (tertiary alicyclic amines) is 1. The van der Waals surface area contributed by atoms with Gasteiger partial charge in [-0.15, -0.1) is 0 Å². The number of hydrogen-bond acceptors (Lipinski definition) is 2. The van der Waals surface area contributed by atoms with E-state index in [1.807, 2.05) is 0 Å². The Morgan fingerprint density at radius 3 is 2.47 bits per heavy atom. The van der Waals surface area contributed by atoms with Crippen molar-refractivity contribution in [2.75, 3.05) is 38.1 Å². The fourth-order valence-corrected chi connectivity index (χ4v) is 2.39. The second-order valence-corrected chi connectivity index (χ2v) is 5.28. The number of nitrogens with zero attached hydrogens (tertiary/aromatic N) is 2. The molecular weight excluding hydrogens is 208 g/mol. The minimum atomic E-state index is 0.929. The van der Waals surface area contributed by atoms with Gasteiger partial charge in [0, 0.05) is 25.8 Å². The molecule has 0 bridgehead atoms. The summed E-state index contributed by atoms with van der Waals surface area (Å²) in [6.45, 7) is 7.25. The van der Waals surface area contributed by atoms with Crippen molar-refractivity contribution in [3.05, 3.63) is 30.3 Å². The Morgan fingerprint density at radius 2 is 1.82 bits per heavy atom. The normalized spacial score (nSPS) is 18.2. The number of benzene rings is 1. The van der Waals surface area contributed by atoms with E-state index in [2.05, 4.69) is 54.1 Å².